The lowest BCUT2D eigenvalue weighted by Crippen LogP contribution is -2.23. The number of carbonyl (C=O) groups is 2. The lowest BCUT2D eigenvalue weighted by Gasteiger charge is -2.04. The Balaban J connectivity index is 2.12. The zero-order valence-corrected chi connectivity index (χ0v) is 13.1. The van der Waals surface area contributed by atoms with Gasteiger partial charge >= 0.3 is 5.97 Å². The number of carbonyl (C=O) groups excluding carboxylic acids is 1. The molecule has 2 aromatic heterocycles. The van der Waals surface area contributed by atoms with Crippen LogP contribution in [0.3, 0.4) is 0 Å². The highest BCUT2D eigenvalue weighted by Gasteiger charge is 2.19. The molecule has 0 unspecified atom stereocenters. The van der Waals surface area contributed by atoms with Crippen LogP contribution in [0.25, 0.3) is 0 Å². The van der Waals surface area contributed by atoms with Crippen molar-refractivity contribution in [1.82, 2.24) is 15.1 Å². The maximum Gasteiger partial charge on any atom is 0.339 e. The van der Waals surface area contributed by atoms with Crippen LogP contribution in [0.15, 0.2) is 10.5 Å². The van der Waals surface area contributed by atoms with E-state index in [0.717, 1.165) is 5.69 Å². The lowest BCUT2D eigenvalue weighted by molar-refractivity contribution is 0.0694. The molecular formula is C15H19N3O4. The SMILES string of the molecule is CCn1nc(C)c(C(=O)NCc2cc(C(=O)O)c(C)o2)c1C. The van der Waals surface area contributed by atoms with E-state index in [1.165, 1.54) is 6.07 Å². The van der Waals surface area contributed by atoms with Crippen LogP contribution in [0.5, 0.6) is 0 Å². The normalized spacial score (nSPS) is 10.7. The van der Waals surface area contributed by atoms with E-state index in [9.17, 15) is 9.59 Å². The van der Waals surface area contributed by atoms with Crippen LogP contribution in [0.2, 0.25) is 0 Å². The Morgan fingerprint density at radius 2 is 2.05 bits per heavy atom. The van der Waals surface area contributed by atoms with Gasteiger partial charge in [0, 0.05) is 12.2 Å². The second kappa shape index (κ2) is 6.05. The molecular weight excluding hydrogens is 286 g/mol. The molecule has 118 valence electrons. The highest BCUT2D eigenvalue weighted by atomic mass is 16.4. The highest BCUT2D eigenvalue weighted by Crippen LogP contribution is 2.16. The van der Waals surface area contributed by atoms with Crippen LogP contribution in [0.1, 0.15) is 50.5 Å². The summed E-state index contributed by atoms with van der Waals surface area (Å²) in [6, 6.07) is 1.42. The molecule has 0 saturated carbocycles. The number of nitrogens with zero attached hydrogens (tertiary/aromatic N) is 2. The smallest absolute Gasteiger partial charge is 0.339 e. The van der Waals surface area contributed by atoms with Crippen molar-refractivity contribution in [3.8, 4) is 0 Å². The largest absolute Gasteiger partial charge is 0.478 e. The molecule has 7 nitrogen and oxygen atoms in total. The number of hydrogen-bond acceptors (Lipinski definition) is 4. The van der Waals surface area contributed by atoms with Crippen molar-refractivity contribution in [2.24, 2.45) is 0 Å². The molecule has 2 N–H and O–H groups in total. The Morgan fingerprint density at radius 1 is 1.36 bits per heavy atom. The van der Waals surface area contributed by atoms with Gasteiger partial charge in [0.1, 0.15) is 17.1 Å². The minimum atomic E-state index is -1.05. The van der Waals surface area contributed by atoms with Crippen LogP contribution in [-0.2, 0) is 13.1 Å². The molecule has 0 aliphatic rings. The van der Waals surface area contributed by atoms with Gasteiger partial charge in [0.05, 0.1) is 17.8 Å². The summed E-state index contributed by atoms with van der Waals surface area (Å²) in [7, 11) is 0. The van der Waals surface area contributed by atoms with E-state index in [1.54, 1.807) is 18.5 Å². The number of rotatable bonds is 5. The fraction of sp³-hybridized carbons (Fsp3) is 0.400. The first-order valence-corrected chi connectivity index (χ1v) is 7.00. The maximum atomic E-state index is 12.3. The molecule has 2 heterocycles. The Morgan fingerprint density at radius 3 is 2.55 bits per heavy atom. The predicted molar refractivity (Wildman–Crippen MR) is 78.9 cm³/mol. The lowest BCUT2D eigenvalue weighted by atomic mass is 10.2. The summed E-state index contributed by atoms with van der Waals surface area (Å²) in [5.41, 5.74) is 2.12. The summed E-state index contributed by atoms with van der Waals surface area (Å²) in [6.07, 6.45) is 0. The van der Waals surface area contributed by atoms with Crippen LogP contribution < -0.4 is 5.32 Å². The van der Waals surface area contributed by atoms with E-state index in [-0.39, 0.29) is 18.0 Å². The third-order valence-corrected chi connectivity index (χ3v) is 3.53. The zero-order chi connectivity index (χ0) is 16.4. The van der Waals surface area contributed by atoms with Crippen LogP contribution in [-0.4, -0.2) is 26.8 Å². The standard InChI is InChI=1S/C15H19N3O4/c1-5-18-9(3)13(8(2)17-18)14(19)16-7-11-6-12(15(20)21)10(4)22-11/h6H,5,7H2,1-4H3,(H,16,19)(H,20,21). The van der Waals surface area contributed by atoms with Gasteiger partial charge in [0.15, 0.2) is 0 Å². The van der Waals surface area contributed by atoms with Crippen molar-refractivity contribution in [3.63, 3.8) is 0 Å². The van der Waals surface area contributed by atoms with E-state index in [4.69, 9.17) is 9.52 Å². The number of furan rings is 1. The molecule has 0 radical (unpaired) electrons. The van der Waals surface area contributed by atoms with Gasteiger partial charge in [0.2, 0.25) is 0 Å². The van der Waals surface area contributed by atoms with Gasteiger partial charge in [-0.15, -0.1) is 0 Å². The van der Waals surface area contributed by atoms with E-state index in [1.807, 2.05) is 13.8 Å². The van der Waals surface area contributed by atoms with Crippen molar-refractivity contribution in [2.75, 3.05) is 0 Å². The molecule has 0 aliphatic carbocycles. The number of nitrogens with one attached hydrogen (secondary N) is 1. The summed E-state index contributed by atoms with van der Waals surface area (Å²) in [5, 5.41) is 16.0. The molecule has 0 atom stereocenters. The van der Waals surface area contributed by atoms with Crippen LogP contribution in [0.4, 0.5) is 0 Å². The monoisotopic (exact) mass is 305 g/mol. The predicted octanol–water partition coefficient (Wildman–Crippen LogP) is 2.05. The Kier molecular flexibility index (Phi) is 4.35. The van der Waals surface area contributed by atoms with Crippen molar-refractivity contribution < 1.29 is 19.1 Å². The third-order valence-electron chi connectivity index (χ3n) is 3.53. The van der Waals surface area contributed by atoms with E-state index in [0.29, 0.717) is 29.3 Å². The molecule has 0 bridgehead atoms. The van der Waals surface area contributed by atoms with Crippen molar-refractivity contribution in [3.05, 3.63) is 40.1 Å². The van der Waals surface area contributed by atoms with Crippen molar-refractivity contribution >= 4 is 11.9 Å². The fourth-order valence-corrected chi connectivity index (χ4v) is 2.43. The first kappa shape index (κ1) is 15.8. The van der Waals surface area contributed by atoms with Gasteiger partial charge in [-0.25, -0.2) is 4.79 Å². The quantitative estimate of drug-likeness (QED) is 0.881. The molecule has 0 spiro atoms. The van der Waals surface area contributed by atoms with Crippen LogP contribution >= 0.6 is 0 Å². The number of hydrogen-bond donors (Lipinski definition) is 2. The van der Waals surface area contributed by atoms with E-state index in [2.05, 4.69) is 10.4 Å². The molecule has 0 aliphatic heterocycles. The van der Waals surface area contributed by atoms with Gasteiger partial charge in [0.25, 0.3) is 5.91 Å². The van der Waals surface area contributed by atoms with E-state index >= 15 is 0 Å². The Labute approximate surface area is 127 Å². The molecule has 1 amide bonds. The topological polar surface area (TPSA) is 97.4 Å². The molecule has 0 aromatic carbocycles. The molecule has 2 aromatic rings. The van der Waals surface area contributed by atoms with Crippen LogP contribution in [0, 0.1) is 20.8 Å². The Hall–Kier alpha value is -2.57. The average molecular weight is 305 g/mol. The van der Waals surface area contributed by atoms with Gasteiger partial charge < -0.3 is 14.8 Å². The average Bonchev–Trinajstić information content (AvgIpc) is 2.96. The summed E-state index contributed by atoms with van der Waals surface area (Å²) in [4.78, 5) is 23.3. The van der Waals surface area contributed by atoms with Crippen molar-refractivity contribution in [2.45, 2.75) is 40.8 Å². The van der Waals surface area contributed by atoms with E-state index < -0.39 is 5.97 Å². The minimum absolute atomic E-state index is 0.107. The first-order chi connectivity index (χ1) is 10.3. The highest BCUT2D eigenvalue weighted by molar-refractivity contribution is 5.96. The molecule has 0 fully saturated rings. The third kappa shape index (κ3) is 2.88. The number of carboxylic acid groups (broad SMARTS) is 1. The Bertz CT molecular complexity index is 727. The number of aromatic nitrogens is 2. The first-order valence-electron chi connectivity index (χ1n) is 7.00. The van der Waals surface area contributed by atoms with Gasteiger partial charge in [-0.2, -0.15) is 5.10 Å². The molecule has 22 heavy (non-hydrogen) atoms. The summed E-state index contributed by atoms with van der Waals surface area (Å²) >= 11 is 0. The number of aryl methyl sites for hydroxylation is 3. The summed E-state index contributed by atoms with van der Waals surface area (Å²) < 4.78 is 7.10. The van der Waals surface area contributed by atoms with Gasteiger partial charge in [-0.3, -0.25) is 9.48 Å². The summed E-state index contributed by atoms with van der Waals surface area (Å²) in [5.74, 6) is -0.570. The van der Waals surface area contributed by atoms with Gasteiger partial charge in [-0.05, 0) is 33.8 Å². The molecule has 7 heteroatoms. The minimum Gasteiger partial charge on any atom is -0.478 e. The zero-order valence-electron chi connectivity index (χ0n) is 13.1. The number of amides is 1. The molecule has 2 rings (SSSR count). The fourth-order valence-electron chi connectivity index (χ4n) is 2.43. The van der Waals surface area contributed by atoms with Crippen molar-refractivity contribution in [1.29, 1.82) is 0 Å². The summed E-state index contributed by atoms with van der Waals surface area (Å²) in [6.45, 7) is 7.99. The maximum absolute atomic E-state index is 12.3. The molecule has 0 saturated heterocycles. The second-order valence-corrected chi connectivity index (χ2v) is 5.03. The second-order valence-electron chi connectivity index (χ2n) is 5.03. The number of aromatic carboxylic acids is 1. The van der Waals surface area contributed by atoms with Gasteiger partial charge in [-0.1, -0.05) is 0 Å². The number of carboxylic acids is 1.